The maximum Gasteiger partial charge on any atom is 0.338 e. The molecule has 0 aromatic heterocycles. The van der Waals surface area contributed by atoms with E-state index in [4.69, 9.17) is 4.74 Å². The normalized spacial score (nSPS) is 28.0. The van der Waals surface area contributed by atoms with E-state index in [-0.39, 0.29) is 23.4 Å². The van der Waals surface area contributed by atoms with Crippen molar-refractivity contribution in [3.05, 3.63) is 76.4 Å². The predicted molar refractivity (Wildman–Crippen MR) is 121 cm³/mol. The van der Waals surface area contributed by atoms with E-state index in [1.807, 2.05) is 13.0 Å². The summed E-state index contributed by atoms with van der Waals surface area (Å²) in [7, 11) is 0. The quantitative estimate of drug-likeness (QED) is 0.567. The lowest BCUT2D eigenvalue weighted by Crippen LogP contribution is -2.27. The number of hydrogen-bond acceptors (Lipinski definition) is 4. The largest absolute Gasteiger partial charge is 0.487 e. The molecule has 1 unspecified atom stereocenters. The molecule has 2 aromatic rings. The second-order valence-electron chi connectivity index (χ2n) is 9.90. The average molecular weight is 471 g/mol. The summed E-state index contributed by atoms with van der Waals surface area (Å²) < 4.78 is 34.3. The van der Waals surface area contributed by atoms with Gasteiger partial charge in [0.15, 0.2) is 11.6 Å². The van der Waals surface area contributed by atoms with Crippen LogP contribution in [0.25, 0.3) is 0 Å². The molecular formula is C27H28F2O5. The molecule has 2 aromatic carbocycles. The van der Waals surface area contributed by atoms with E-state index < -0.39 is 41.1 Å². The zero-order valence-corrected chi connectivity index (χ0v) is 18.9. The topological polar surface area (TPSA) is 87.0 Å². The van der Waals surface area contributed by atoms with E-state index in [0.717, 1.165) is 24.0 Å². The molecule has 5 rings (SSSR count). The zero-order chi connectivity index (χ0) is 24.2. The number of carboxylic acid groups (broad SMARTS) is 1. The maximum absolute atomic E-state index is 14.8. The number of carbonyl (C=O) groups is 1. The minimum atomic E-state index is -1.35. The van der Waals surface area contributed by atoms with Crippen LogP contribution in [0.5, 0.6) is 5.75 Å². The monoisotopic (exact) mass is 470 g/mol. The number of aromatic carboxylic acids is 1. The summed E-state index contributed by atoms with van der Waals surface area (Å²) in [5.74, 6) is -2.94. The number of aryl methyl sites for hydroxylation is 2. The molecule has 0 amide bonds. The summed E-state index contributed by atoms with van der Waals surface area (Å²) >= 11 is 0. The third-order valence-electron chi connectivity index (χ3n) is 7.91. The zero-order valence-electron chi connectivity index (χ0n) is 18.9. The summed E-state index contributed by atoms with van der Waals surface area (Å²) in [6.45, 7) is 1.84. The Morgan fingerprint density at radius 3 is 2.68 bits per heavy atom. The molecular weight excluding hydrogens is 442 g/mol. The van der Waals surface area contributed by atoms with Gasteiger partial charge in [0.1, 0.15) is 11.9 Å². The van der Waals surface area contributed by atoms with Crippen LogP contribution in [0.1, 0.15) is 52.7 Å². The Labute approximate surface area is 196 Å². The Morgan fingerprint density at radius 2 is 2.00 bits per heavy atom. The van der Waals surface area contributed by atoms with Crippen LogP contribution < -0.4 is 4.74 Å². The van der Waals surface area contributed by atoms with Crippen molar-refractivity contribution in [2.24, 2.45) is 11.8 Å². The van der Waals surface area contributed by atoms with Gasteiger partial charge in [0, 0.05) is 23.7 Å². The molecule has 0 bridgehead atoms. The van der Waals surface area contributed by atoms with Crippen LogP contribution in [0.4, 0.5) is 8.78 Å². The van der Waals surface area contributed by atoms with E-state index in [0.29, 0.717) is 24.8 Å². The smallest absolute Gasteiger partial charge is 0.338 e. The SMILES string of the molecule is Cc1cc(F)ccc1C1(C(O)/C=C/[C@@H]2[C@H]3CCc4ccc(C(=O)O)c(F)c4O[C@H]3C[C@H]2O)CC1. The third kappa shape index (κ3) is 3.81. The number of rotatable bonds is 5. The van der Waals surface area contributed by atoms with Gasteiger partial charge in [-0.25, -0.2) is 13.6 Å². The number of halogens is 2. The highest BCUT2D eigenvalue weighted by Crippen LogP contribution is 2.53. The van der Waals surface area contributed by atoms with Gasteiger partial charge in [-0.3, -0.25) is 0 Å². The van der Waals surface area contributed by atoms with E-state index >= 15 is 0 Å². The molecule has 2 saturated carbocycles. The number of carboxylic acids is 1. The van der Waals surface area contributed by atoms with Crippen molar-refractivity contribution in [1.29, 1.82) is 0 Å². The molecule has 1 aliphatic heterocycles. The van der Waals surface area contributed by atoms with Gasteiger partial charge >= 0.3 is 5.97 Å². The summed E-state index contributed by atoms with van der Waals surface area (Å²) in [6.07, 6.45) is 4.69. The molecule has 2 fully saturated rings. The minimum absolute atomic E-state index is 0.0343. The Bertz CT molecular complexity index is 1160. The van der Waals surface area contributed by atoms with Gasteiger partial charge in [0.25, 0.3) is 0 Å². The Balaban J connectivity index is 1.36. The van der Waals surface area contributed by atoms with E-state index in [9.17, 15) is 28.9 Å². The first-order valence-corrected chi connectivity index (χ1v) is 11.7. The van der Waals surface area contributed by atoms with Crippen LogP contribution in [-0.2, 0) is 11.8 Å². The highest BCUT2D eigenvalue weighted by Gasteiger charge is 2.51. The van der Waals surface area contributed by atoms with E-state index in [1.54, 1.807) is 18.2 Å². The number of fused-ring (bicyclic) bond motifs is 2. The fourth-order valence-corrected chi connectivity index (χ4v) is 5.91. The summed E-state index contributed by atoms with van der Waals surface area (Å²) in [6, 6.07) is 7.49. The summed E-state index contributed by atoms with van der Waals surface area (Å²) in [5, 5.41) is 31.0. The number of aliphatic hydroxyl groups is 2. The van der Waals surface area contributed by atoms with Gasteiger partial charge in [-0.2, -0.15) is 0 Å². The van der Waals surface area contributed by atoms with Gasteiger partial charge in [0.2, 0.25) is 0 Å². The molecule has 34 heavy (non-hydrogen) atoms. The van der Waals surface area contributed by atoms with Crippen molar-refractivity contribution in [3.8, 4) is 5.75 Å². The van der Waals surface area contributed by atoms with Crippen molar-refractivity contribution in [1.82, 2.24) is 0 Å². The fourth-order valence-electron chi connectivity index (χ4n) is 5.91. The van der Waals surface area contributed by atoms with Gasteiger partial charge in [-0.15, -0.1) is 0 Å². The van der Waals surface area contributed by atoms with E-state index in [1.165, 1.54) is 18.2 Å². The lowest BCUT2D eigenvalue weighted by molar-refractivity contribution is 0.0688. The highest BCUT2D eigenvalue weighted by molar-refractivity contribution is 5.88. The highest BCUT2D eigenvalue weighted by atomic mass is 19.1. The third-order valence-corrected chi connectivity index (χ3v) is 7.91. The molecule has 3 N–H and O–H groups in total. The summed E-state index contributed by atoms with van der Waals surface area (Å²) in [4.78, 5) is 11.3. The second-order valence-corrected chi connectivity index (χ2v) is 9.90. The second kappa shape index (κ2) is 8.47. The average Bonchev–Trinajstić information content (AvgIpc) is 3.55. The van der Waals surface area contributed by atoms with Crippen molar-refractivity contribution in [3.63, 3.8) is 0 Å². The molecule has 0 radical (unpaired) electrons. The number of aliphatic hydroxyl groups excluding tert-OH is 2. The Morgan fingerprint density at radius 1 is 1.24 bits per heavy atom. The fraction of sp³-hybridized carbons (Fsp3) is 0.444. The molecule has 180 valence electrons. The molecule has 0 spiro atoms. The van der Waals surface area contributed by atoms with Crippen molar-refractivity contribution < 1.29 is 33.6 Å². The Hall–Kier alpha value is -2.77. The van der Waals surface area contributed by atoms with Crippen molar-refractivity contribution in [2.45, 2.75) is 62.8 Å². The number of benzene rings is 2. The molecule has 2 aliphatic carbocycles. The number of ether oxygens (including phenoxy) is 1. The lowest BCUT2D eigenvalue weighted by Gasteiger charge is -2.24. The molecule has 1 heterocycles. The molecule has 5 nitrogen and oxygen atoms in total. The van der Waals surface area contributed by atoms with E-state index in [2.05, 4.69) is 0 Å². The van der Waals surface area contributed by atoms with Crippen LogP contribution in [0.3, 0.4) is 0 Å². The molecule has 7 heteroatoms. The molecule has 5 atom stereocenters. The van der Waals surface area contributed by atoms with Gasteiger partial charge in [0.05, 0.1) is 17.8 Å². The Kier molecular flexibility index (Phi) is 5.73. The van der Waals surface area contributed by atoms with Crippen molar-refractivity contribution >= 4 is 5.97 Å². The van der Waals surface area contributed by atoms with Gasteiger partial charge < -0.3 is 20.1 Å². The van der Waals surface area contributed by atoms with Crippen LogP contribution in [0.15, 0.2) is 42.5 Å². The lowest BCUT2D eigenvalue weighted by atomic mass is 9.84. The molecule has 0 saturated heterocycles. The number of hydrogen-bond donors (Lipinski definition) is 3. The maximum atomic E-state index is 14.8. The minimum Gasteiger partial charge on any atom is -0.487 e. The first-order chi connectivity index (χ1) is 16.2. The van der Waals surface area contributed by atoms with Crippen LogP contribution >= 0.6 is 0 Å². The first-order valence-electron chi connectivity index (χ1n) is 11.7. The predicted octanol–water partition coefficient (Wildman–Crippen LogP) is 4.31. The van der Waals surface area contributed by atoms with Crippen LogP contribution in [0, 0.1) is 30.4 Å². The first kappa shape index (κ1) is 23.0. The van der Waals surface area contributed by atoms with Gasteiger partial charge in [-0.05, 0) is 67.5 Å². The molecule has 3 aliphatic rings. The standard InChI is InChI=1S/C27H28F2O5/c1-14-12-16(28)4-8-20(14)27(10-11-27)23(31)9-7-17-18-5-2-15-3-6-19(26(32)33)24(29)25(15)34-22(18)13-21(17)30/h3-4,6-9,12,17-18,21-23,30-31H,2,5,10-11,13H2,1H3,(H,32,33)/b9-7+/t17-,18-,21-,22+,23?/m1/s1. The van der Waals surface area contributed by atoms with Crippen molar-refractivity contribution in [2.75, 3.05) is 0 Å². The van der Waals surface area contributed by atoms with Crippen LogP contribution in [0.2, 0.25) is 0 Å². The van der Waals surface area contributed by atoms with Crippen LogP contribution in [-0.4, -0.2) is 39.6 Å². The summed E-state index contributed by atoms with van der Waals surface area (Å²) in [5.41, 5.74) is 1.50. The van der Waals surface area contributed by atoms with Gasteiger partial charge in [-0.1, -0.05) is 24.3 Å².